The zero-order valence-electron chi connectivity index (χ0n) is 10.5. The second kappa shape index (κ2) is 4.32. The molecule has 19 heavy (non-hydrogen) atoms. The maximum Gasteiger partial charge on any atom is 0.325 e. The van der Waals surface area contributed by atoms with Crippen molar-refractivity contribution >= 4 is 17.0 Å². The van der Waals surface area contributed by atoms with Crippen molar-refractivity contribution in [3.8, 4) is 0 Å². The van der Waals surface area contributed by atoms with Crippen molar-refractivity contribution in [3.05, 3.63) is 30.1 Å². The Morgan fingerprint density at radius 2 is 2.32 bits per heavy atom. The zero-order chi connectivity index (χ0) is 13.5. The van der Waals surface area contributed by atoms with E-state index in [2.05, 4.69) is 9.97 Å². The standard InChI is InChI=1S/C13H16N4O2/c14-13(12(18)19)5-6-17(8-13)7-11-15-9-3-1-2-4-10(9)16-11/h1-4H,5-8,14H2,(H,15,16)(H,18,19). The molecule has 0 spiro atoms. The highest BCUT2D eigenvalue weighted by atomic mass is 16.4. The number of nitrogens with zero attached hydrogens (tertiary/aromatic N) is 2. The van der Waals surface area contributed by atoms with Crippen LogP contribution in [0.5, 0.6) is 0 Å². The molecule has 100 valence electrons. The van der Waals surface area contributed by atoms with Crippen LogP contribution < -0.4 is 5.73 Å². The summed E-state index contributed by atoms with van der Waals surface area (Å²) < 4.78 is 0. The normalized spacial score (nSPS) is 24.1. The molecule has 0 radical (unpaired) electrons. The van der Waals surface area contributed by atoms with Crippen molar-refractivity contribution in [2.24, 2.45) is 5.73 Å². The number of H-pyrrole nitrogens is 1. The van der Waals surface area contributed by atoms with Gasteiger partial charge in [-0.25, -0.2) is 4.98 Å². The number of hydrogen-bond acceptors (Lipinski definition) is 4. The number of nitrogens with one attached hydrogen (secondary N) is 1. The Balaban J connectivity index is 1.74. The van der Waals surface area contributed by atoms with E-state index in [4.69, 9.17) is 10.8 Å². The number of benzene rings is 1. The molecule has 0 bridgehead atoms. The second-order valence-corrected chi connectivity index (χ2v) is 5.12. The van der Waals surface area contributed by atoms with E-state index in [0.29, 0.717) is 26.1 Å². The van der Waals surface area contributed by atoms with E-state index in [-0.39, 0.29) is 0 Å². The number of carboxylic acid groups (broad SMARTS) is 1. The van der Waals surface area contributed by atoms with Crippen LogP contribution in [0, 0.1) is 0 Å². The lowest BCUT2D eigenvalue weighted by Gasteiger charge is -2.19. The number of likely N-dealkylation sites (tertiary alicyclic amines) is 1. The zero-order valence-corrected chi connectivity index (χ0v) is 10.5. The Labute approximate surface area is 110 Å². The number of rotatable bonds is 3. The number of imidazole rings is 1. The van der Waals surface area contributed by atoms with Crippen molar-refractivity contribution in [3.63, 3.8) is 0 Å². The quantitative estimate of drug-likeness (QED) is 0.749. The fourth-order valence-electron chi connectivity index (χ4n) is 2.52. The summed E-state index contributed by atoms with van der Waals surface area (Å²) >= 11 is 0. The van der Waals surface area contributed by atoms with Gasteiger partial charge in [-0.1, -0.05) is 12.1 Å². The van der Waals surface area contributed by atoms with Crippen LogP contribution in [0.2, 0.25) is 0 Å². The molecule has 2 aromatic rings. The molecule has 0 saturated carbocycles. The first kappa shape index (κ1) is 12.1. The molecule has 1 aliphatic heterocycles. The number of para-hydroxylation sites is 2. The number of aliphatic carboxylic acids is 1. The highest BCUT2D eigenvalue weighted by molar-refractivity contribution is 5.79. The van der Waals surface area contributed by atoms with E-state index in [1.807, 2.05) is 29.2 Å². The topological polar surface area (TPSA) is 95.2 Å². The summed E-state index contributed by atoms with van der Waals surface area (Å²) in [6.07, 6.45) is 0.475. The molecule has 3 rings (SSSR count). The molecule has 1 unspecified atom stereocenters. The average molecular weight is 260 g/mol. The van der Waals surface area contributed by atoms with Crippen LogP contribution in [0.15, 0.2) is 24.3 Å². The molecule has 0 amide bonds. The van der Waals surface area contributed by atoms with Crippen molar-refractivity contribution in [2.45, 2.75) is 18.5 Å². The molecule has 6 heteroatoms. The van der Waals surface area contributed by atoms with Gasteiger partial charge in [0.1, 0.15) is 11.4 Å². The Morgan fingerprint density at radius 3 is 3.00 bits per heavy atom. The number of carbonyl (C=O) groups is 1. The third kappa shape index (κ3) is 2.20. The molecular weight excluding hydrogens is 244 g/mol. The van der Waals surface area contributed by atoms with Gasteiger partial charge >= 0.3 is 5.97 Å². The van der Waals surface area contributed by atoms with Gasteiger partial charge in [0, 0.05) is 13.1 Å². The molecular formula is C13H16N4O2. The summed E-state index contributed by atoms with van der Waals surface area (Å²) in [6, 6.07) is 7.82. The van der Waals surface area contributed by atoms with Gasteiger partial charge < -0.3 is 15.8 Å². The largest absolute Gasteiger partial charge is 0.480 e. The van der Waals surface area contributed by atoms with Gasteiger partial charge in [-0.05, 0) is 18.6 Å². The predicted octanol–water partition coefficient (Wildman–Crippen LogP) is 0.551. The minimum absolute atomic E-state index is 0.360. The Kier molecular flexibility index (Phi) is 2.76. The van der Waals surface area contributed by atoms with Crippen molar-refractivity contribution in [1.29, 1.82) is 0 Å². The average Bonchev–Trinajstić information content (AvgIpc) is 2.93. The Morgan fingerprint density at radius 1 is 1.53 bits per heavy atom. The monoisotopic (exact) mass is 260 g/mol. The van der Waals surface area contributed by atoms with Crippen LogP contribution in [-0.4, -0.2) is 44.6 Å². The molecule has 1 aromatic heterocycles. The molecule has 6 nitrogen and oxygen atoms in total. The maximum absolute atomic E-state index is 11.1. The smallest absolute Gasteiger partial charge is 0.325 e. The Bertz CT molecular complexity index is 591. The van der Waals surface area contributed by atoms with Crippen LogP contribution in [-0.2, 0) is 11.3 Å². The number of aromatic nitrogens is 2. The molecule has 4 N–H and O–H groups in total. The van der Waals surface area contributed by atoms with Crippen LogP contribution in [0.25, 0.3) is 11.0 Å². The lowest BCUT2D eigenvalue weighted by molar-refractivity contribution is -0.142. The highest BCUT2D eigenvalue weighted by Crippen LogP contribution is 2.21. The van der Waals surface area contributed by atoms with Gasteiger partial charge in [0.25, 0.3) is 0 Å². The maximum atomic E-state index is 11.1. The second-order valence-electron chi connectivity index (χ2n) is 5.12. The third-order valence-corrected chi connectivity index (χ3v) is 3.62. The number of aromatic amines is 1. The van der Waals surface area contributed by atoms with Gasteiger partial charge in [0.05, 0.1) is 17.6 Å². The van der Waals surface area contributed by atoms with E-state index in [0.717, 1.165) is 16.9 Å². The fraction of sp³-hybridized carbons (Fsp3) is 0.385. The minimum Gasteiger partial charge on any atom is -0.480 e. The lowest BCUT2D eigenvalue weighted by Crippen LogP contribution is -2.50. The first-order valence-electron chi connectivity index (χ1n) is 6.25. The van der Waals surface area contributed by atoms with Crippen molar-refractivity contribution < 1.29 is 9.90 Å². The van der Waals surface area contributed by atoms with Crippen LogP contribution >= 0.6 is 0 Å². The molecule has 2 heterocycles. The number of hydrogen-bond donors (Lipinski definition) is 3. The van der Waals surface area contributed by atoms with Gasteiger partial charge in [0.2, 0.25) is 0 Å². The summed E-state index contributed by atoms with van der Waals surface area (Å²) in [5.74, 6) is -0.0876. The number of carboxylic acids is 1. The molecule has 1 fully saturated rings. The molecule has 1 aliphatic rings. The van der Waals surface area contributed by atoms with Crippen molar-refractivity contribution in [2.75, 3.05) is 13.1 Å². The minimum atomic E-state index is -1.12. The first-order chi connectivity index (χ1) is 9.07. The molecule has 1 saturated heterocycles. The summed E-state index contributed by atoms with van der Waals surface area (Å²) in [6.45, 7) is 1.64. The molecule has 1 atom stereocenters. The van der Waals surface area contributed by atoms with Gasteiger partial charge in [0.15, 0.2) is 0 Å². The van der Waals surface area contributed by atoms with E-state index in [9.17, 15) is 4.79 Å². The van der Waals surface area contributed by atoms with Gasteiger partial charge in [-0.15, -0.1) is 0 Å². The highest BCUT2D eigenvalue weighted by Gasteiger charge is 2.41. The Hall–Kier alpha value is -1.92. The number of fused-ring (bicyclic) bond motifs is 1. The van der Waals surface area contributed by atoms with Crippen LogP contribution in [0.3, 0.4) is 0 Å². The van der Waals surface area contributed by atoms with E-state index in [1.54, 1.807) is 0 Å². The predicted molar refractivity (Wildman–Crippen MR) is 70.5 cm³/mol. The SMILES string of the molecule is NC1(C(=O)O)CCN(Cc2nc3ccccc3[nH]2)C1. The molecule has 0 aliphatic carbocycles. The van der Waals surface area contributed by atoms with E-state index >= 15 is 0 Å². The van der Waals surface area contributed by atoms with Crippen LogP contribution in [0.4, 0.5) is 0 Å². The van der Waals surface area contributed by atoms with Gasteiger partial charge in [-0.3, -0.25) is 9.69 Å². The lowest BCUT2D eigenvalue weighted by atomic mass is 10.0. The van der Waals surface area contributed by atoms with E-state index in [1.165, 1.54) is 0 Å². The van der Waals surface area contributed by atoms with E-state index < -0.39 is 11.5 Å². The van der Waals surface area contributed by atoms with Crippen molar-refractivity contribution in [1.82, 2.24) is 14.9 Å². The summed E-state index contributed by atoms with van der Waals surface area (Å²) in [7, 11) is 0. The summed E-state index contributed by atoms with van der Waals surface area (Å²) in [5, 5.41) is 9.10. The fourth-order valence-corrected chi connectivity index (χ4v) is 2.52. The summed E-state index contributed by atoms with van der Waals surface area (Å²) in [4.78, 5) is 20.8. The summed E-state index contributed by atoms with van der Waals surface area (Å²) in [5.41, 5.74) is 6.65. The molecule has 1 aromatic carbocycles. The third-order valence-electron chi connectivity index (χ3n) is 3.62. The number of nitrogens with two attached hydrogens (primary N) is 1. The van der Waals surface area contributed by atoms with Gasteiger partial charge in [-0.2, -0.15) is 0 Å². The van der Waals surface area contributed by atoms with Crippen LogP contribution in [0.1, 0.15) is 12.2 Å². The first-order valence-corrected chi connectivity index (χ1v) is 6.25.